The van der Waals surface area contributed by atoms with Crippen molar-refractivity contribution in [2.45, 2.75) is 6.42 Å². The maximum Gasteiger partial charge on any atom is 0.344 e. The Hall–Kier alpha value is -3.80. The number of hydrogen-bond acceptors (Lipinski definition) is 6. The Kier molecular flexibility index (Phi) is 7.65. The standard InChI is InChI=1S/C25H24O6/c1-28-20-12-13-21(24(15-20)29-2)22(26)16-31-25(27)17-30-23-11-7-6-10-19(23)14-18-8-4-3-5-9-18/h3-13,15H,14,16-17H2,1-2H3. The quantitative estimate of drug-likeness (QED) is 0.363. The van der Waals surface area contributed by atoms with Gasteiger partial charge in [0.25, 0.3) is 0 Å². The van der Waals surface area contributed by atoms with Crippen LogP contribution in [0, 0.1) is 0 Å². The van der Waals surface area contributed by atoms with Crippen LogP contribution in [0.4, 0.5) is 0 Å². The van der Waals surface area contributed by atoms with E-state index in [0.717, 1.165) is 11.1 Å². The van der Waals surface area contributed by atoms with Gasteiger partial charge in [0.2, 0.25) is 5.78 Å². The molecule has 6 heteroatoms. The van der Waals surface area contributed by atoms with Crippen molar-refractivity contribution in [3.63, 3.8) is 0 Å². The average molecular weight is 420 g/mol. The summed E-state index contributed by atoms with van der Waals surface area (Å²) in [5.74, 6) is 0.513. The third-order valence-electron chi connectivity index (χ3n) is 4.63. The smallest absolute Gasteiger partial charge is 0.344 e. The molecule has 0 aliphatic rings. The normalized spacial score (nSPS) is 10.3. The predicted octanol–water partition coefficient (Wildman–Crippen LogP) is 4.10. The second kappa shape index (κ2) is 10.8. The largest absolute Gasteiger partial charge is 0.497 e. The molecule has 0 unspecified atom stereocenters. The molecule has 0 aliphatic carbocycles. The van der Waals surface area contributed by atoms with Crippen LogP contribution in [0.25, 0.3) is 0 Å². The van der Waals surface area contributed by atoms with E-state index in [1.54, 1.807) is 24.3 Å². The molecule has 3 aromatic carbocycles. The molecule has 0 bridgehead atoms. The lowest BCUT2D eigenvalue weighted by atomic mass is 10.0. The van der Waals surface area contributed by atoms with E-state index in [1.807, 2.05) is 48.5 Å². The topological polar surface area (TPSA) is 71.1 Å². The summed E-state index contributed by atoms with van der Waals surface area (Å²) >= 11 is 0. The Morgan fingerprint density at radius 2 is 1.52 bits per heavy atom. The van der Waals surface area contributed by atoms with Crippen molar-refractivity contribution < 1.29 is 28.5 Å². The first-order chi connectivity index (χ1) is 15.1. The summed E-state index contributed by atoms with van der Waals surface area (Å²) < 4.78 is 21.1. The van der Waals surface area contributed by atoms with Crippen molar-refractivity contribution in [1.82, 2.24) is 0 Å². The Balaban J connectivity index is 1.55. The van der Waals surface area contributed by atoms with Gasteiger partial charge in [-0.25, -0.2) is 4.79 Å². The molecule has 0 amide bonds. The molecule has 3 aromatic rings. The molecule has 0 saturated heterocycles. The SMILES string of the molecule is COc1ccc(C(=O)COC(=O)COc2ccccc2Cc2ccccc2)c(OC)c1. The van der Waals surface area contributed by atoms with Gasteiger partial charge in [-0.2, -0.15) is 0 Å². The van der Waals surface area contributed by atoms with E-state index in [0.29, 0.717) is 29.2 Å². The number of carbonyl (C=O) groups excluding carboxylic acids is 2. The molecule has 6 nitrogen and oxygen atoms in total. The van der Waals surface area contributed by atoms with Crippen LogP contribution in [-0.4, -0.2) is 39.2 Å². The minimum Gasteiger partial charge on any atom is -0.497 e. The molecular formula is C25H24O6. The van der Waals surface area contributed by atoms with Crippen LogP contribution in [0.2, 0.25) is 0 Å². The number of methoxy groups -OCH3 is 2. The fourth-order valence-electron chi connectivity index (χ4n) is 3.04. The predicted molar refractivity (Wildman–Crippen MR) is 116 cm³/mol. The highest BCUT2D eigenvalue weighted by Crippen LogP contribution is 2.25. The molecule has 0 N–H and O–H groups in total. The molecule has 0 fully saturated rings. The van der Waals surface area contributed by atoms with Gasteiger partial charge in [0.05, 0.1) is 19.8 Å². The number of carbonyl (C=O) groups is 2. The summed E-state index contributed by atoms with van der Waals surface area (Å²) in [6.07, 6.45) is 0.682. The van der Waals surface area contributed by atoms with Gasteiger partial charge in [-0.15, -0.1) is 0 Å². The average Bonchev–Trinajstić information content (AvgIpc) is 2.82. The molecule has 0 radical (unpaired) electrons. The molecular weight excluding hydrogens is 396 g/mol. The minimum atomic E-state index is -0.629. The summed E-state index contributed by atoms with van der Waals surface area (Å²) in [4.78, 5) is 24.5. The molecule has 31 heavy (non-hydrogen) atoms. The number of ketones is 1. The second-order valence-corrected chi connectivity index (χ2v) is 6.71. The summed E-state index contributed by atoms with van der Waals surface area (Å²) in [5.41, 5.74) is 2.41. The van der Waals surface area contributed by atoms with Gasteiger partial charge in [-0.3, -0.25) is 4.79 Å². The number of esters is 1. The van der Waals surface area contributed by atoms with Gasteiger partial charge in [0, 0.05) is 12.5 Å². The first-order valence-electron chi connectivity index (χ1n) is 9.76. The lowest BCUT2D eigenvalue weighted by Gasteiger charge is -2.12. The second-order valence-electron chi connectivity index (χ2n) is 6.71. The lowest BCUT2D eigenvalue weighted by Crippen LogP contribution is -2.20. The number of Topliss-reactive ketones (excluding diaryl/α,β-unsaturated/α-hetero) is 1. The van der Waals surface area contributed by atoms with E-state index >= 15 is 0 Å². The maximum atomic E-state index is 12.4. The Morgan fingerprint density at radius 1 is 0.774 bits per heavy atom. The summed E-state index contributed by atoms with van der Waals surface area (Å²) in [6, 6.07) is 22.3. The fraction of sp³-hybridized carbons (Fsp3) is 0.200. The van der Waals surface area contributed by atoms with Crippen molar-refractivity contribution in [3.05, 3.63) is 89.5 Å². The maximum absolute atomic E-state index is 12.4. The Morgan fingerprint density at radius 3 is 2.26 bits per heavy atom. The molecule has 0 saturated carbocycles. The number of benzene rings is 3. The summed E-state index contributed by atoms with van der Waals surface area (Å²) in [6.45, 7) is -0.699. The molecule has 160 valence electrons. The third kappa shape index (κ3) is 6.09. The van der Waals surface area contributed by atoms with Crippen molar-refractivity contribution in [2.24, 2.45) is 0 Å². The molecule has 0 aromatic heterocycles. The molecule has 0 atom stereocenters. The molecule has 3 rings (SSSR count). The van der Waals surface area contributed by atoms with Crippen molar-refractivity contribution >= 4 is 11.8 Å². The van der Waals surface area contributed by atoms with Crippen LogP contribution in [0.5, 0.6) is 17.2 Å². The summed E-state index contributed by atoms with van der Waals surface area (Å²) in [7, 11) is 2.98. The first kappa shape index (κ1) is 21.9. The zero-order chi connectivity index (χ0) is 22.1. The number of hydrogen-bond donors (Lipinski definition) is 0. The van der Waals surface area contributed by atoms with Gasteiger partial charge in [-0.1, -0.05) is 48.5 Å². The van der Waals surface area contributed by atoms with Crippen LogP contribution in [0.15, 0.2) is 72.8 Å². The van der Waals surface area contributed by atoms with Crippen LogP contribution < -0.4 is 14.2 Å². The van der Waals surface area contributed by atoms with Gasteiger partial charge in [0.1, 0.15) is 17.2 Å². The van der Waals surface area contributed by atoms with Crippen molar-refractivity contribution in [1.29, 1.82) is 0 Å². The van der Waals surface area contributed by atoms with Crippen LogP contribution in [0.1, 0.15) is 21.5 Å². The molecule has 0 heterocycles. The highest BCUT2D eigenvalue weighted by Gasteiger charge is 2.16. The number of rotatable bonds is 10. The van der Waals surface area contributed by atoms with Crippen LogP contribution in [0.3, 0.4) is 0 Å². The number of para-hydroxylation sites is 1. The number of ether oxygens (including phenoxy) is 4. The minimum absolute atomic E-state index is 0.293. The third-order valence-corrected chi connectivity index (χ3v) is 4.63. The molecule has 0 spiro atoms. The van der Waals surface area contributed by atoms with Gasteiger partial charge in [-0.05, 0) is 29.3 Å². The van der Waals surface area contributed by atoms with E-state index < -0.39 is 12.6 Å². The summed E-state index contributed by atoms with van der Waals surface area (Å²) in [5, 5.41) is 0. The molecule has 0 aliphatic heterocycles. The van der Waals surface area contributed by atoms with Crippen LogP contribution >= 0.6 is 0 Å². The first-order valence-corrected chi connectivity index (χ1v) is 9.76. The fourth-order valence-corrected chi connectivity index (χ4v) is 3.04. The van der Waals surface area contributed by atoms with E-state index in [9.17, 15) is 9.59 Å². The van der Waals surface area contributed by atoms with Gasteiger partial charge in [0.15, 0.2) is 13.2 Å². The van der Waals surface area contributed by atoms with Crippen molar-refractivity contribution in [2.75, 3.05) is 27.4 Å². The van der Waals surface area contributed by atoms with E-state index in [4.69, 9.17) is 18.9 Å². The van der Waals surface area contributed by atoms with E-state index in [2.05, 4.69) is 0 Å². The Bertz CT molecular complexity index is 1030. The highest BCUT2D eigenvalue weighted by molar-refractivity contribution is 6.00. The monoisotopic (exact) mass is 420 g/mol. The van der Waals surface area contributed by atoms with Crippen molar-refractivity contribution in [3.8, 4) is 17.2 Å². The van der Waals surface area contributed by atoms with E-state index in [1.165, 1.54) is 14.2 Å². The van der Waals surface area contributed by atoms with Gasteiger partial charge < -0.3 is 18.9 Å². The highest BCUT2D eigenvalue weighted by atomic mass is 16.6. The zero-order valence-electron chi connectivity index (χ0n) is 17.5. The van der Waals surface area contributed by atoms with Gasteiger partial charge >= 0.3 is 5.97 Å². The lowest BCUT2D eigenvalue weighted by molar-refractivity contribution is -0.144. The van der Waals surface area contributed by atoms with Crippen LogP contribution in [-0.2, 0) is 16.0 Å². The Labute approximate surface area is 181 Å². The zero-order valence-corrected chi connectivity index (χ0v) is 17.5. The van der Waals surface area contributed by atoms with E-state index in [-0.39, 0.29) is 12.4 Å².